The molecule has 0 unspecified atom stereocenters. The summed E-state index contributed by atoms with van der Waals surface area (Å²) in [6, 6.07) is 7.00. The van der Waals surface area contributed by atoms with Crippen molar-refractivity contribution in [3.63, 3.8) is 0 Å². The van der Waals surface area contributed by atoms with Gasteiger partial charge >= 0.3 is 5.69 Å². The zero-order valence-electron chi connectivity index (χ0n) is 12.9. The zero-order valence-corrected chi connectivity index (χ0v) is 14.4. The van der Waals surface area contributed by atoms with Crippen LogP contribution in [0.5, 0.6) is 5.75 Å². The van der Waals surface area contributed by atoms with Gasteiger partial charge in [-0.25, -0.2) is 9.97 Å². The summed E-state index contributed by atoms with van der Waals surface area (Å²) < 4.78 is 7.38. The molecule has 128 valence electrons. The van der Waals surface area contributed by atoms with Crippen LogP contribution in [0.25, 0.3) is 0 Å². The first kappa shape index (κ1) is 17.1. The van der Waals surface area contributed by atoms with E-state index >= 15 is 0 Å². The standard InChI is InChI=1S/C14H11ClN6O3S/c1-20-12(8-24-11-4-2-9(15)3-5-11)18-19-14(20)25-13-16-6-10(7-17-13)21(22)23/h2-7H,8H2,1H3. The van der Waals surface area contributed by atoms with Crippen LogP contribution in [0.3, 0.4) is 0 Å². The normalized spacial score (nSPS) is 10.6. The van der Waals surface area contributed by atoms with Crippen LogP contribution in [0.1, 0.15) is 5.82 Å². The van der Waals surface area contributed by atoms with Crippen LogP contribution in [0, 0.1) is 10.1 Å². The van der Waals surface area contributed by atoms with Crippen molar-refractivity contribution >= 4 is 29.1 Å². The van der Waals surface area contributed by atoms with Gasteiger partial charge in [0.25, 0.3) is 0 Å². The van der Waals surface area contributed by atoms with Crippen LogP contribution in [-0.4, -0.2) is 29.7 Å². The Balaban J connectivity index is 1.66. The summed E-state index contributed by atoms with van der Waals surface area (Å²) in [7, 11) is 1.79. The molecule has 0 N–H and O–H groups in total. The average Bonchev–Trinajstić information content (AvgIpc) is 2.95. The highest BCUT2D eigenvalue weighted by Gasteiger charge is 2.14. The van der Waals surface area contributed by atoms with Gasteiger partial charge in [0, 0.05) is 12.1 Å². The van der Waals surface area contributed by atoms with E-state index in [1.54, 1.807) is 35.9 Å². The molecule has 2 aromatic heterocycles. The minimum Gasteiger partial charge on any atom is -0.486 e. The van der Waals surface area contributed by atoms with Crippen molar-refractivity contribution in [1.82, 2.24) is 24.7 Å². The molecule has 3 aromatic rings. The van der Waals surface area contributed by atoms with E-state index in [2.05, 4.69) is 20.2 Å². The first-order valence-corrected chi connectivity index (χ1v) is 8.13. The molecule has 0 spiro atoms. The Morgan fingerprint density at radius 3 is 2.56 bits per heavy atom. The molecule has 0 aliphatic carbocycles. The number of nitro groups is 1. The second-order valence-electron chi connectivity index (χ2n) is 4.78. The van der Waals surface area contributed by atoms with E-state index in [0.29, 0.717) is 26.9 Å². The Morgan fingerprint density at radius 1 is 1.24 bits per heavy atom. The van der Waals surface area contributed by atoms with Crippen molar-refractivity contribution < 1.29 is 9.66 Å². The number of ether oxygens (including phenoxy) is 1. The van der Waals surface area contributed by atoms with Gasteiger partial charge in [0.1, 0.15) is 24.8 Å². The van der Waals surface area contributed by atoms with Crippen LogP contribution < -0.4 is 4.74 Å². The largest absolute Gasteiger partial charge is 0.486 e. The summed E-state index contributed by atoms with van der Waals surface area (Å²) in [5.41, 5.74) is -0.167. The van der Waals surface area contributed by atoms with E-state index in [0.717, 1.165) is 24.2 Å². The number of nitrogens with zero attached hydrogens (tertiary/aromatic N) is 6. The molecule has 0 saturated heterocycles. The maximum atomic E-state index is 10.6. The molecule has 0 bridgehead atoms. The SMILES string of the molecule is Cn1c(COc2ccc(Cl)cc2)nnc1Sc1ncc([N+](=O)[O-])cn1. The summed E-state index contributed by atoms with van der Waals surface area (Å²) in [5, 5.41) is 20.2. The van der Waals surface area contributed by atoms with Crippen LogP contribution in [0.4, 0.5) is 5.69 Å². The third kappa shape index (κ3) is 4.22. The van der Waals surface area contributed by atoms with E-state index in [1.165, 1.54) is 0 Å². The topological polar surface area (TPSA) is 109 Å². The monoisotopic (exact) mass is 378 g/mol. The van der Waals surface area contributed by atoms with Crippen molar-refractivity contribution in [1.29, 1.82) is 0 Å². The Hall–Kier alpha value is -2.72. The van der Waals surface area contributed by atoms with Crippen LogP contribution in [0.2, 0.25) is 5.02 Å². The number of benzene rings is 1. The van der Waals surface area contributed by atoms with Crippen LogP contribution >= 0.6 is 23.4 Å². The Bertz CT molecular complexity index is 885. The van der Waals surface area contributed by atoms with Gasteiger partial charge < -0.3 is 9.30 Å². The summed E-state index contributed by atoms with van der Waals surface area (Å²) in [6.07, 6.45) is 2.30. The predicted molar refractivity (Wildman–Crippen MR) is 89.6 cm³/mol. The number of halogens is 1. The fourth-order valence-electron chi connectivity index (χ4n) is 1.78. The van der Waals surface area contributed by atoms with E-state index in [4.69, 9.17) is 16.3 Å². The van der Waals surface area contributed by atoms with Gasteiger partial charge in [-0.1, -0.05) is 11.6 Å². The predicted octanol–water partition coefficient (Wildman–Crippen LogP) is 2.90. The maximum absolute atomic E-state index is 10.6. The highest BCUT2D eigenvalue weighted by molar-refractivity contribution is 7.99. The first-order valence-electron chi connectivity index (χ1n) is 6.94. The van der Waals surface area contributed by atoms with Gasteiger partial charge in [-0.15, -0.1) is 10.2 Å². The highest BCUT2D eigenvalue weighted by atomic mass is 35.5. The van der Waals surface area contributed by atoms with E-state index in [1.807, 2.05) is 0 Å². The molecule has 0 saturated carbocycles. The van der Waals surface area contributed by atoms with Crippen molar-refractivity contribution in [3.05, 3.63) is 57.6 Å². The summed E-state index contributed by atoms with van der Waals surface area (Å²) in [5.74, 6) is 1.28. The quantitative estimate of drug-likeness (QED) is 0.366. The molecule has 2 heterocycles. The molecule has 0 fully saturated rings. The van der Waals surface area contributed by atoms with Gasteiger partial charge in [0.15, 0.2) is 16.1 Å². The van der Waals surface area contributed by atoms with Gasteiger partial charge in [-0.2, -0.15) is 0 Å². The minimum absolute atomic E-state index is 0.167. The van der Waals surface area contributed by atoms with E-state index < -0.39 is 4.92 Å². The molecular weight excluding hydrogens is 368 g/mol. The summed E-state index contributed by atoms with van der Waals surface area (Å²) in [4.78, 5) is 17.9. The number of rotatable bonds is 6. The van der Waals surface area contributed by atoms with Crippen molar-refractivity contribution in [2.45, 2.75) is 16.9 Å². The van der Waals surface area contributed by atoms with Gasteiger partial charge in [0.05, 0.1) is 4.92 Å². The van der Waals surface area contributed by atoms with E-state index in [9.17, 15) is 10.1 Å². The lowest BCUT2D eigenvalue weighted by molar-refractivity contribution is -0.385. The van der Waals surface area contributed by atoms with Gasteiger partial charge in [-0.3, -0.25) is 10.1 Å². The summed E-state index contributed by atoms with van der Waals surface area (Å²) >= 11 is 6.98. The highest BCUT2D eigenvalue weighted by Crippen LogP contribution is 2.24. The van der Waals surface area contributed by atoms with Crippen molar-refractivity contribution in [3.8, 4) is 5.75 Å². The molecule has 3 rings (SSSR count). The molecule has 1 aromatic carbocycles. The zero-order chi connectivity index (χ0) is 17.8. The molecule has 9 nitrogen and oxygen atoms in total. The molecule has 0 amide bonds. The summed E-state index contributed by atoms with van der Waals surface area (Å²) in [6.45, 7) is 0.229. The lowest BCUT2D eigenvalue weighted by Crippen LogP contribution is -2.04. The van der Waals surface area contributed by atoms with Crippen LogP contribution in [-0.2, 0) is 13.7 Å². The lowest BCUT2D eigenvalue weighted by atomic mass is 10.3. The number of hydrogen-bond donors (Lipinski definition) is 0. The average molecular weight is 379 g/mol. The molecule has 25 heavy (non-hydrogen) atoms. The smallest absolute Gasteiger partial charge is 0.305 e. The molecule has 0 aliphatic heterocycles. The third-order valence-corrected chi connectivity index (χ3v) is 4.30. The van der Waals surface area contributed by atoms with Crippen LogP contribution in [0.15, 0.2) is 47.0 Å². The fraction of sp³-hybridized carbons (Fsp3) is 0.143. The molecule has 0 aliphatic rings. The lowest BCUT2D eigenvalue weighted by Gasteiger charge is -2.06. The number of hydrogen-bond acceptors (Lipinski definition) is 8. The minimum atomic E-state index is -0.553. The molecule has 11 heteroatoms. The fourth-order valence-corrected chi connectivity index (χ4v) is 2.60. The van der Waals surface area contributed by atoms with Crippen molar-refractivity contribution in [2.24, 2.45) is 7.05 Å². The number of aromatic nitrogens is 5. The van der Waals surface area contributed by atoms with E-state index in [-0.39, 0.29) is 12.3 Å². The Kier molecular flexibility index (Phi) is 5.10. The Morgan fingerprint density at radius 2 is 1.92 bits per heavy atom. The maximum Gasteiger partial charge on any atom is 0.305 e. The second-order valence-corrected chi connectivity index (χ2v) is 6.15. The van der Waals surface area contributed by atoms with Crippen molar-refractivity contribution in [2.75, 3.05) is 0 Å². The van der Waals surface area contributed by atoms with Gasteiger partial charge in [-0.05, 0) is 36.0 Å². The molecule has 0 atom stereocenters. The second kappa shape index (κ2) is 7.45. The Labute approximate surface area is 151 Å². The molecule has 0 radical (unpaired) electrons. The van der Waals surface area contributed by atoms with Gasteiger partial charge in [0.2, 0.25) is 0 Å². The molecular formula is C14H11ClN6O3S. The first-order chi connectivity index (χ1) is 12.0. The third-order valence-electron chi connectivity index (χ3n) is 3.11.